The highest BCUT2D eigenvalue weighted by Crippen LogP contribution is 2.29. The topological polar surface area (TPSA) is 114 Å². The van der Waals surface area contributed by atoms with Gasteiger partial charge in [0.05, 0.1) is 12.7 Å². The number of nitrogens with zero attached hydrogens (tertiary/aromatic N) is 2. The molecule has 0 saturated carbocycles. The van der Waals surface area contributed by atoms with Gasteiger partial charge in [-0.05, 0) is 30.3 Å². The fourth-order valence-electron chi connectivity index (χ4n) is 2.37. The molecular formula is C18H16Cl2N6O2. The lowest BCUT2D eigenvalue weighted by molar-refractivity contribution is 0.0959. The zero-order valence-corrected chi connectivity index (χ0v) is 16.2. The minimum Gasteiger partial charge on any atom is -0.496 e. The molecule has 0 aliphatic rings. The van der Waals surface area contributed by atoms with Gasteiger partial charge < -0.3 is 15.8 Å². The van der Waals surface area contributed by atoms with E-state index in [1.54, 1.807) is 42.5 Å². The number of anilines is 4. The number of hydrazine groups is 1. The van der Waals surface area contributed by atoms with Crippen LogP contribution in [0.2, 0.25) is 10.0 Å². The normalized spacial score (nSPS) is 10.2. The van der Waals surface area contributed by atoms with E-state index < -0.39 is 5.91 Å². The van der Waals surface area contributed by atoms with Crippen LogP contribution in [0, 0.1) is 0 Å². The minimum absolute atomic E-state index is 0.193. The van der Waals surface area contributed by atoms with Crippen LogP contribution in [0.25, 0.3) is 0 Å². The molecule has 1 aromatic heterocycles. The summed E-state index contributed by atoms with van der Waals surface area (Å²) in [6, 6.07) is 11.8. The van der Waals surface area contributed by atoms with Crippen LogP contribution < -0.4 is 26.6 Å². The third-order valence-corrected chi connectivity index (χ3v) is 4.09. The van der Waals surface area contributed by atoms with Crippen molar-refractivity contribution in [2.45, 2.75) is 0 Å². The first-order valence-electron chi connectivity index (χ1n) is 8.01. The zero-order valence-electron chi connectivity index (χ0n) is 14.7. The number of carbonyl (C=O) groups excluding carboxylic acids is 1. The van der Waals surface area contributed by atoms with Crippen LogP contribution in [0.3, 0.4) is 0 Å². The first kappa shape index (κ1) is 19.5. The molecule has 0 fully saturated rings. The summed E-state index contributed by atoms with van der Waals surface area (Å²) in [5.74, 6) is 0.570. The van der Waals surface area contributed by atoms with Gasteiger partial charge in [0.2, 0.25) is 0 Å². The number of nitrogen functional groups attached to an aromatic ring is 1. The molecule has 0 unspecified atom stereocenters. The maximum atomic E-state index is 12.4. The molecule has 3 aromatic rings. The summed E-state index contributed by atoms with van der Waals surface area (Å²) in [7, 11) is 1.49. The SMILES string of the molecule is COc1ccccc1C(=O)NNc1ncnc(Nc2cc(Cl)cc(Cl)c2)c1N. The third-order valence-electron chi connectivity index (χ3n) is 3.66. The Hall–Kier alpha value is -3.23. The number of amides is 1. The van der Waals surface area contributed by atoms with Crippen LogP contribution in [0.5, 0.6) is 5.75 Å². The zero-order chi connectivity index (χ0) is 20.1. The van der Waals surface area contributed by atoms with E-state index in [0.717, 1.165) is 0 Å². The monoisotopic (exact) mass is 418 g/mol. The number of nitrogens with two attached hydrogens (primary N) is 1. The Labute approximate surface area is 171 Å². The predicted octanol–water partition coefficient (Wildman–Crippen LogP) is 3.87. The van der Waals surface area contributed by atoms with Gasteiger partial charge in [-0.15, -0.1) is 0 Å². The smallest absolute Gasteiger partial charge is 0.273 e. The van der Waals surface area contributed by atoms with Crippen molar-refractivity contribution in [3.05, 3.63) is 64.4 Å². The van der Waals surface area contributed by atoms with Crippen LogP contribution >= 0.6 is 23.2 Å². The van der Waals surface area contributed by atoms with Gasteiger partial charge in [-0.1, -0.05) is 35.3 Å². The molecule has 1 heterocycles. The van der Waals surface area contributed by atoms with E-state index in [1.165, 1.54) is 13.4 Å². The van der Waals surface area contributed by atoms with Gasteiger partial charge >= 0.3 is 0 Å². The molecule has 8 nitrogen and oxygen atoms in total. The van der Waals surface area contributed by atoms with Crippen LogP contribution in [-0.4, -0.2) is 23.0 Å². The molecule has 0 radical (unpaired) electrons. The molecule has 3 rings (SSSR count). The number of hydrogen-bond acceptors (Lipinski definition) is 7. The summed E-state index contributed by atoms with van der Waals surface area (Å²) in [6.45, 7) is 0. The molecule has 2 aromatic carbocycles. The van der Waals surface area contributed by atoms with Crippen LogP contribution in [0.15, 0.2) is 48.8 Å². The third kappa shape index (κ3) is 4.54. The first-order valence-corrected chi connectivity index (χ1v) is 8.76. The first-order chi connectivity index (χ1) is 13.5. The van der Waals surface area contributed by atoms with Crippen molar-refractivity contribution in [1.29, 1.82) is 0 Å². The lowest BCUT2D eigenvalue weighted by Gasteiger charge is -2.14. The van der Waals surface area contributed by atoms with Gasteiger partial charge in [-0.2, -0.15) is 0 Å². The number of ether oxygens (including phenoxy) is 1. The number of hydrogen-bond donors (Lipinski definition) is 4. The largest absolute Gasteiger partial charge is 0.496 e. The second kappa shape index (κ2) is 8.64. The Bertz CT molecular complexity index is 995. The van der Waals surface area contributed by atoms with E-state index in [4.69, 9.17) is 33.7 Å². The second-order valence-electron chi connectivity index (χ2n) is 5.55. The van der Waals surface area contributed by atoms with Crippen molar-refractivity contribution in [3.63, 3.8) is 0 Å². The highest BCUT2D eigenvalue weighted by molar-refractivity contribution is 6.35. The van der Waals surface area contributed by atoms with E-state index in [-0.39, 0.29) is 11.5 Å². The molecule has 28 heavy (non-hydrogen) atoms. The fourth-order valence-corrected chi connectivity index (χ4v) is 2.90. The van der Waals surface area contributed by atoms with Crippen molar-refractivity contribution in [3.8, 4) is 5.75 Å². The number of halogens is 2. The molecule has 0 atom stereocenters. The van der Waals surface area contributed by atoms with Gasteiger partial charge in [0.15, 0.2) is 11.6 Å². The van der Waals surface area contributed by atoms with Crippen molar-refractivity contribution >= 4 is 52.1 Å². The van der Waals surface area contributed by atoms with Crippen molar-refractivity contribution < 1.29 is 9.53 Å². The van der Waals surface area contributed by atoms with Gasteiger partial charge in [0.1, 0.15) is 17.8 Å². The number of nitrogens with one attached hydrogen (secondary N) is 3. The molecule has 0 bridgehead atoms. The molecule has 0 aliphatic heterocycles. The number of para-hydroxylation sites is 1. The second-order valence-corrected chi connectivity index (χ2v) is 6.42. The van der Waals surface area contributed by atoms with Gasteiger partial charge in [0.25, 0.3) is 5.91 Å². The van der Waals surface area contributed by atoms with E-state index in [9.17, 15) is 4.79 Å². The number of methoxy groups -OCH3 is 1. The number of carbonyl (C=O) groups is 1. The Morgan fingerprint density at radius 3 is 2.46 bits per heavy atom. The van der Waals surface area contributed by atoms with E-state index in [2.05, 4.69) is 26.1 Å². The lowest BCUT2D eigenvalue weighted by atomic mass is 10.2. The molecule has 5 N–H and O–H groups in total. The standard InChI is InChI=1S/C18H16Cl2N6O2/c1-28-14-5-3-2-4-13(14)18(27)26-25-17-15(21)16(22-9-23-17)24-12-7-10(19)6-11(20)8-12/h2-9H,21H2,1H3,(H,26,27)(H2,22,23,24,25). The summed E-state index contributed by atoms with van der Waals surface area (Å²) < 4.78 is 5.18. The van der Waals surface area contributed by atoms with Gasteiger partial charge in [-0.25, -0.2) is 9.97 Å². The highest BCUT2D eigenvalue weighted by atomic mass is 35.5. The Balaban J connectivity index is 1.75. The molecule has 0 spiro atoms. The molecule has 0 aliphatic carbocycles. The number of benzene rings is 2. The predicted molar refractivity (Wildman–Crippen MR) is 110 cm³/mol. The Morgan fingerprint density at radius 1 is 1.07 bits per heavy atom. The molecular weight excluding hydrogens is 403 g/mol. The summed E-state index contributed by atoms with van der Waals surface area (Å²) in [5.41, 5.74) is 12.5. The maximum absolute atomic E-state index is 12.4. The van der Waals surface area contributed by atoms with E-state index >= 15 is 0 Å². The Morgan fingerprint density at radius 2 is 1.75 bits per heavy atom. The minimum atomic E-state index is -0.411. The Kier molecular flexibility index (Phi) is 6.03. The quantitative estimate of drug-likeness (QED) is 0.449. The van der Waals surface area contributed by atoms with Crippen molar-refractivity contribution in [2.24, 2.45) is 0 Å². The molecule has 0 saturated heterocycles. The van der Waals surface area contributed by atoms with Crippen LogP contribution in [0.4, 0.5) is 23.0 Å². The highest BCUT2D eigenvalue weighted by Gasteiger charge is 2.13. The maximum Gasteiger partial charge on any atom is 0.273 e. The average molecular weight is 419 g/mol. The summed E-state index contributed by atoms with van der Waals surface area (Å²) in [4.78, 5) is 20.5. The fraction of sp³-hybridized carbons (Fsp3) is 0.0556. The van der Waals surface area contributed by atoms with Crippen LogP contribution in [-0.2, 0) is 0 Å². The lowest BCUT2D eigenvalue weighted by Crippen LogP contribution is -2.30. The molecule has 10 heteroatoms. The average Bonchev–Trinajstić information content (AvgIpc) is 2.67. The van der Waals surface area contributed by atoms with Crippen molar-refractivity contribution in [1.82, 2.24) is 15.4 Å². The van der Waals surface area contributed by atoms with E-state index in [0.29, 0.717) is 32.9 Å². The summed E-state index contributed by atoms with van der Waals surface area (Å²) in [6.07, 6.45) is 1.29. The van der Waals surface area contributed by atoms with Crippen molar-refractivity contribution in [2.75, 3.05) is 23.6 Å². The molecule has 1 amide bonds. The number of aromatic nitrogens is 2. The summed E-state index contributed by atoms with van der Waals surface area (Å²) >= 11 is 12.0. The van der Waals surface area contributed by atoms with Gasteiger partial charge in [-0.3, -0.25) is 15.6 Å². The molecule has 144 valence electrons. The van der Waals surface area contributed by atoms with E-state index in [1.807, 2.05) is 0 Å². The summed E-state index contributed by atoms with van der Waals surface area (Å²) in [5, 5.41) is 3.94. The van der Waals surface area contributed by atoms with Crippen LogP contribution in [0.1, 0.15) is 10.4 Å². The van der Waals surface area contributed by atoms with Gasteiger partial charge in [0, 0.05) is 15.7 Å². The number of rotatable bonds is 6.